The Morgan fingerprint density at radius 1 is 1.19 bits per heavy atom. The number of aromatic nitrogens is 1. The minimum Gasteiger partial charge on any atom is -0.372 e. The molecule has 1 aliphatic heterocycles. The summed E-state index contributed by atoms with van der Waals surface area (Å²) in [6.07, 6.45) is 4.62. The predicted molar refractivity (Wildman–Crippen MR) is 120 cm³/mol. The molecule has 3 N–H and O–H groups in total. The first-order valence-corrected chi connectivity index (χ1v) is 11.9. The molecule has 1 aromatic carbocycles. The molecule has 3 rings (SSSR count). The number of carbonyl (C=O) groups excluding carboxylic acids is 1. The zero-order valence-corrected chi connectivity index (χ0v) is 19.0. The fourth-order valence-electron chi connectivity index (χ4n) is 3.35. The first-order valence-electron chi connectivity index (χ1n) is 10.0. The highest BCUT2D eigenvalue weighted by molar-refractivity contribution is 7.89. The highest BCUT2D eigenvalue weighted by Crippen LogP contribution is 2.32. The van der Waals surface area contributed by atoms with Crippen LogP contribution in [0.25, 0.3) is 0 Å². The van der Waals surface area contributed by atoms with Crippen molar-refractivity contribution in [3.8, 4) is 0 Å². The lowest BCUT2D eigenvalue weighted by Crippen LogP contribution is -2.30. The van der Waals surface area contributed by atoms with E-state index in [0.29, 0.717) is 11.4 Å². The van der Waals surface area contributed by atoms with Gasteiger partial charge in [-0.25, -0.2) is 23.6 Å². The summed E-state index contributed by atoms with van der Waals surface area (Å²) in [5.74, 6) is -0.531. The summed E-state index contributed by atoms with van der Waals surface area (Å²) in [5, 5.41) is 3.18. The van der Waals surface area contributed by atoms with Crippen molar-refractivity contribution in [2.45, 2.75) is 31.1 Å². The Kier molecular flexibility index (Phi) is 7.71. The third kappa shape index (κ3) is 5.65. The summed E-state index contributed by atoms with van der Waals surface area (Å²) in [4.78, 5) is 23.6. The van der Waals surface area contributed by atoms with Gasteiger partial charge in [0.05, 0.1) is 23.5 Å². The lowest BCUT2D eigenvalue weighted by atomic mass is 10.1. The largest absolute Gasteiger partial charge is 0.372 e. The Morgan fingerprint density at radius 2 is 1.94 bits per heavy atom. The van der Waals surface area contributed by atoms with Crippen LogP contribution in [0.15, 0.2) is 35.4 Å². The van der Waals surface area contributed by atoms with Crippen LogP contribution >= 0.6 is 11.6 Å². The average molecular weight is 468 g/mol. The number of hydrogen-bond acceptors (Lipinski definition) is 7. The maximum atomic E-state index is 12.8. The van der Waals surface area contributed by atoms with E-state index in [1.807, 2.05) is 6.07 Å². The van der Waals surface area contributed by atoms with Crippen LogP contribution in [-0.2, 0) is 14.9 Å². The Balaban J connectivity index is 2.01. The van der Waals surface area contributed by atoms with Crippen LogP contribution in [0.5, 0.6) is 0 Å². The lowest BCUT2D eigenvalue weighted by Gasteiger charge is -2.29. The number of hydrogen-bond donors (Lipinski definition) is 3. The number of nitrogens with one attached hydrogen (secondary N) is 3. The van der Waals surface area contributed by atoms with Gasteiger partial charge >= 0.3 is 0 Å². The van der Waals surface area contributed by atoms with Crippen LogP contribution in [0.2, 0.25) is 5.15 Å². The molecular formula is C20H26ClN5O4S. The van der Waals surface area contributed by atoms with Gasteiger partial charge < -0.3 is 10.2 Å². The molecule has 0 bridgehead atoms. The molecule has 0 atom stereocenters. The van der Waals surface area contributed by atoms with Crippen molar-refractivity contribution in [2.24, 2.45) is 0 Å². The van der Waals surface area contributed by atoms with Crippen LogP contribution in [0, 0.1) is 0 Å². The van der Waals surface area contributed by atoms with Crippen molar-refractivity contribution in [1.82, 2.24) is 15.2 Å². The zero-order chi connectivity index (χ0) is 22.4. The Morgan fingerprint density at radius 3 is 2.61 bits per heavy atom. The molecular weight excluding hydrogens is 442 g/mol. The maximum Gasteiger partial charge on any atom is 0.278 e. The summed E-state index contributed by atoms with van der Waals surface area (Å²) in [6, 6.07) is 6.65. The molecule has 0 spiro atoms. The average Bonchev–Trinajstić information content (AvgIpc) is 2.78. The van der Waals surface area contributed by atoms with Crippen LogP contribution in [0.1, 0.15) is 36.5 Å². The van der Waals surface area contributed by atoms with Gasteiger partial charge in [0, 0.05) is 25.0 Å². The second-order valence-electron chi connectivity index (χ2n) is 6.98. The van der Waals surface area contributed by atoms with Crippen LogP contribution in [-0.4, -0.2) is 46.1 Å². The normalized spacial score (nSPS) is 14.4. The van der Waals surface area contributed by atoms with Gasteiger partial charge in [0.25, 0.3) is 5.91 Å². The van der Waals surface area contributed by atoms with Crippen LogP contribution in [0.4, 0.5) is 17.1 Å². The minimum atomic E-state index is -3.78. The molecule has 0 saturated carbocycles. The third-order valence-electron chi connectivity index (χ3n) is 4.94. The van der Waals surface area contributed by atoms with Crippen molar-refractivity contribution in [2.75, 3.05) is 37.0 Å². The molecule has 1 aliphatic rings. The first-order chi connectivity index (χ1) is 14.9. The van der Waals surface area contributed by atoms with Crippen molar-refractivity contribution in [3.63, 3.8) is 0 Å². The fourth-order valence-corrected chi connectivity index (χ4v) is 4.41. The highest BCUT2D eigenvalue weighted by atomic mass is 35.5. The second-order valence-corrected chi connectivity index (χ2v) is 9.22. The molecule has 0 unspecified atom stereocenters. The van der Waals surface area contributed by atoms with E-state index in [0.717, 1.165) is 31.6 Å². The van der Waals surface area contributed by atoms with Gasteiger partial charge in [0.2, 0.25) is 10.0 Å². The van der Waals surface area contributed by atoms with Gasteiger partial charge in [-0.1, -0.05) is 11.6 Å². The molecule has 1 saturated heterocycles. The SMILES string of the molecule is CCONC(=O)c1cnc(Cl)cc1Nc1ccc(N2CCCCC2)cc1S(=O)(=O)NC. The number of halogens is 1. The molecule has 0 aliphatic carbocycles. The van der Waals surface area contributed by atoms with Crippen molar-refractivity contribution in [1.29, 1.82) is 0 Å². The van der Waals surface area contributed by atoms with E-state index in [1.54, 1.807) is 19.1 Å². The molecule has 31 heavy (non-hydrogen) atoms. The molecule has 1 amide bonds. The minimum absolute atomic E-state index is 0.0715. The maximum absolute atomic E-state index is 12.8. The summed E-state index contributed by atoms with van der Waals surface area (Å²) < 4.78 is 27.9. The van der Waals surface area contributed by atoms with Crippen molar-refractivity contribution in [3.05, 3.63) is 41.2 Å². The van der Waals surface area contributed by atoms with Crippen LogP contribution < -0.4 is 20.4 Å². The van der Waals surface area contributed by atoms with E-state index in [2.05, 4.69) is 25.4 Å². The number of pyridine rings is 1. The lowest BCUT2D eigenvalue weighted by molar-refractivity contribution is 0.0365. The molecule has 1 fully saturated rings. The molecule has 2 heterocycles. The van der Waals surface area contributed by atoms with Gasteiger partial charge in [-0.3, -0.25) is 9.63 Å². The Hall–Kier alpha value is -2.40. The number of carbonyl (C=O) groups is 1. The summed E-state index contributed by atoms with van der Waals surface area (Å²) >= 11 is 6.02. The topological polar surface area (TPSA) is 113 Å². The molecule has 168 valence electrons. The number of hydroxylamine groups is 1. The number of anilines is 3. The number of sulfonamides is 1. The predicted octanol–water partition coefficient (Wildman–Crippen LogP) is 3.06. The van der Waals surface area contributed by atoms with Crippen molar-refractivity contribution >= 4 is 44.6 Å². The summed E-state index contributed by atoms with van der Waals surface area (Å²) in [5.41, 5.74) is 3.91. The van der Waals surface area contributed by atoms with Gasteiger partial charge in [-0.15, -0.1) is 0 Å². The smallest absolute Gasteiger partial charge is 0.278 e. The molecule has 1 aromatic heterocycles. The van der Waals surface area contributed by atoms with E-state index >= 15 is 0 Å². The van der Waals surface area contributed by atoms with Gasteiger partial charge in [-0.2, -0.15) is 0 Å². The zero-order valence-electron chi connectivity index (χ0n) is 17.4. The number of piperidine rings is 1. The van der Waals surface area contributed by atoms with E-state index in [4.69, 9.17) is 16.4 Å². The van der Waals surface area contributed by atoms with E-state index < -0.39 is 15.9 Å². The number of benzene rings is 1. The van der Waals surface area contributed by atoms with E-state index in [1.165, 1.54) is 25.7 Å². The molecule has 0 radical (unpaired) electrons. The first kappa shape index (κ1) is 23.3. The molecule has 9 nitrogen and oxygen atoms in total. The number of rotatable bonds is 8. The summed E-state index contributed by atoms with van der Waals surface area (Å²) in [6.45, 7) is 3.79. The monoisotopic (exact) mass is 467 g/mol. The molecule has 2 aromatic rings. The third-order valence-corrected chi connectivity index (χ3v) is 6.60. The van der Waals surface area contributed by atoms with Gasteiger partial charge in [0.1, 0.15) is 10.0 Å². The van der Waals surface area contributed by atoms with Gasteiger partial charge in [0.15, 0.2) is 0 Å². The fraction of sp³-hybridized carbons (Fsp3) is 0.400. The number of nitrogens with zero attached hydrogens (tertiary/aromatic N) is 2. The second kappa shape index (κ2) is 10.3. The molecule has 11 heteroatoms. The Bertz CT molecular complexity index is 1040. The number of amides is 1. The van der Waals surface area contributed by atoms with E-state index in [9.17, 15) is 13.2 Å². The standard InChI is InChI=1S/C20H26ClN5O4S/c1-3-30-25-20(27)15-13-23-19(21)12-17(15)24-16-8-7-14(26-9-5-4-6-10-26)11-18(16)31(28,29)22-2/h7-8,11-13,22H,3-6,9-10H2,1-2H3,(H,23,24)(H,25,27). The van der Waals surface area contributed by atoms with Gasteiger partial charge in [-0.05, 0) is 57.5 Å². The van der Waals surface area contributed by atoms with Crippen molar-refractivity contribution < 1.29 is 18.0 Å². The summed E-state index contributed by atoms with van der Waals surface area (Å²) in [7, 11) is -2.42. The highest BCUT2D eigenvalue weighted by Gasteiger charge is 2.22. The van der Waals surface area contributed by atoms with Crippen LogP contribution in [0.3, 0.4) is 0 Å². The Labute approximate surface area is 187 Å². The van der Waals surface area contributed by atoms with E-state index in [-0.39, 0.29) is 22.2 Å². The quantitative estimate of drug-likeness (QED) is 0.404.